The summed E-state index contributed by atoms with van der Waals surface area (Å²) < 4.78 is 26.6. The summed E-state index contributed by atoms with van der Waals surface area (Å²) in [5, 5.41) is 0.499. The molecular formula is C14H20ClNO2S. The number of rotatable bonds is 2. The highest BCUT2D eigenvalue weighted by Crippen LogP contribution is 2.32. The van der Waals surface area contributed by atoms with E-state index in [1.807, 2.05) is 6.92 Å². The molecule has 1 saturated heterocycles. The standard InChI is InChI=1S/C14H20ClNO2S/c1-11-4-5-12(10-13(11)15)19(17,18)16-8-6-14(2,3)7-9-16/h4-5,10H,6-9H2,1-3H3. The molecule has 1 aromatic carbocycles. The Morgan fingerprint density at radius 3 is 2.32 bits per heavy atom. The van der Waals surface area contributed by atoms with Gasteiger partial charge in [-0.2, -0.15) is 4.31 Å². The molecule has 1 fully saturated rings. The number of nitrogens with zero attached hydrogens (tertiary/aromatic N) is 1. The molecule has 0 bridgehead atoms. The van der Waals surface area contributed by atoms with Gasteiger partial charge in [0.25, 0.3) is 0 Å². The van der Waals surface area contributed by atoms with E-state index in [9.17, 15) is 8.42 Å². The Morgan fingerprint density at radius 1 is 1.21 bits per heavy atom. The molecule has 0 unspecified atom stereocenters. The molecule has 0 atom stereocenters. The summed E-state index contributed by atoms with van der Waals surface area (Å²) in [5.74, 6) is 0. The number of hydrogen-bond acceptors (Lipinski definition) is 2. The van der Waals surface area contributed by atoms with Crippen LogP contribution in [0.25, 0.3) is 0 Å². The molecular weight excluding hydrogens is 282 g/mol. The third-order valence-electron chi connectivity index (χ3n) is 3.86. The first kappa shape index (κ1) is 14.8. The highest BCUT2D eigenvalue weighted by atomic mass is 35.5. The molecule has 3 nitrogen and oxygen atoms in total. The molecule has 2 rings (SSSR count). The maximum atomic E-state index is 12.5. The maximum absolute atomic E-state index is 12.5. The minimum Gasteiger partial charge on any atom is -0.207 e. The van der Waals surface area contributed by atoms with Crippen molar-refractivity contribution in [3.05, 3.63) is 28.8 Å². The van der Waals surface area contributed by atoms with Gasteiger partial charge in [0.2, 0.25) is 10.0 Å². The van der Waals surface area contributed by atoms with Gasteiger partial charge in [0.15, 0.2) is 0 Å². The highest BCUT2D eigenvalue weighted by molar-refractivity contribution is 7.89. The van der Waals surface area contributed by atoms with E-state index in [1.165, 1.54) is 0 Å². The van der Waals surface area contributed by atoms with E-state index in [4.69, 9.17) is 11.6 Å². The lowest BCUT2D eigenvalue weighted by Crippen LogP contribution is -2.41. The van der Waals surface area contributed by atoms with E-state index in [1.54, 1.807) is 22.5 Å². The first-order valence-electron chi connectivity index (χ1n) is 6.49. The molecule has 1 aromatic rings. The van der Waals surface area contributed by atoms with E-state index in [-0.39, 0.29) is 5.41 Å². The minimum atomic E-state index is -3.40. The third-order valence-corrected chi connectivity index (χ3v) is 6.16. The van der Waals surface area contributed by atoms with Crippen LogP contribution in [-0.2, 0) is 10.0 Å². The average Bonchev–Trinajstić information content (AvgIpc) is 2.32. The number of benzene rings is 1. The van der Waals surface area contributed by atoms with Crippen LogP contribution in [0.4, 0.5) is 0 Å². The Bertz CT molecular complexity index is 571. The number of hydrogen-bond donors (Lipinski definition) is 0. The summed E-state index contributed by atoms with van der Waals surface area (Å²) in [6.45, 7) is 7.39. The number of aryl methyl sites for hydroxylation is 1. The monoisotopic (exact) mass is 301 g/mol. The lowest BCUT2D eigenvalue weighted by atomic mass is 9.83. The zero-order chi connectivity index (χ0) is 14.3. The number of piperidine rings is 1. The molecule has 0 N–H and O–H groups in total. The summed E-state index contributed by atoms with van der Waals surface area (Å²) in [6, 6.07) is 4.94. The SMILES string of the molecule is Cc1ccc(S(=O)(=O)N2CCC(C)(C)CC2)cc1Cl. The van der Waals surface area contributed by atoms with Crippen LogP contribution in [0, 0.1) is 12.3 Å². The van der Waals surface area contributed by atoms with E-state index in [0.29, 0.717) is 23.0 Å². The van der Waals surface area contributed by atoms with Crippen molar-refractivity contribution in [2.24, 2.45) is 5.41 Å². The van der Waals surface area contributed by atoms with Crippen LogP contribution >= 0.6 is 11.6 Å². The van der Waals surface area contributed by atoms with Gasteiger partial charge in [-0.25, -0.2) is 8.42 Å². The molecule has 0 amide bonds. The van der Waals surface area contributed by atoms with Crippen LogP contribution in [0.3, 0.4) is 0 Å². The molecule has 1 heterocycles. The van der Waals surface area contributed by atoms with Gasteiger partial charge >= 0.3 is 0 Å². The molecule has 106 valence electrons. The molecule has 1 aliphatic rings. The second-order valence-electron chi connectivity index (χ2n) is 5.98. The van der Waals surface area contributed by atoms with Crippen molar-refractivity contribution in [3.8, 4) is 0 Å². The van der Waals surface area contributed by atoms with Crippen molar-refractivity contribution < 1.29 is 8.42 Å². The fourth-order valence-corrected chi connectivity index (χ4v) is 3.93. The Hall–Kier alpha value is -0.580. The topological polar surface area (TPSA) is 37.4 Å². The van der Waals surface area contributed by atoms with Gasteiger partial charge in [-0.05, 0) is 42.9 Å². The van der Waals surface area contributed by atoms with Crippen LogP contribution in [0.1, 0.15) is 32.3 Å². The predicted octanol–water partition coefficient (Wildman–Crippen LogP) is 3.46. The lowest BCUT2D eigenvalue weighted by molar-refractivity contribution is 0.196. The predicted molar refractivity (Wildman–Crippen MR) is 78.0 cm³/mol. The number of halogens is 1. The Balaban J connectivity index is 2.25. The van der Waals surface area contributed by atoms with Gasteiger partial charge in [0.05, 0.1) is 4.90 Å². The van der Waals surface area contributed by atoms with Gasteiger partial charge in [0, 0.05) is 18.1 Å². The Kier molecular flexibility index (Phi) is 3.96. The largest absolute Gasteiger partial charge is 0.243 e. The average molecular weight is 302 g/mol. The zero-order valence-corrected chi connectivity index (χ0v) is 13.2. The van der Waals surface area contributed by atoms with Gasteiger partial charge in [0.1, 0.15) is 0 Å². The van der Waals surface area contributed by atoms with Gasteiger partial charge < -0.3 is 0 Å². The van der Waals surface area contributed by atoms with Gasteiger partial charge in [-0.15, -0.1) is 0 Å². The van der Waals surface area contributed by atoms with Crippen LogP contribution in [0.2, 0.25) is 5.02 Å². The van der Waals surface area contributed by atoms with Crippen LogP contribution < -0.4 is 0 Å². The second kappa shape index (κ2) is 5.08. The summed E-state index contributed by atoms with van der Waals surface area (Å²) in [5.41, 5.74) is 1.12. The first-order valence-corrected chi connectivity index (χ1v) is 8.30. The van der Waals surface area contributed by atoms with E-state index < -0.39 is 10.0 Å². The summed E-state index contributed by atoms with van der Waals surface area (Å²) in [6.07, 6.45) is 1.79. The second-order valence-corrected chi connectivity index (χ2v) is 8.32. The maximum Gasteiger partial charge on any atom is 0.243 e. The summed E-state index contributed by atoms with van der Waals surface area (Å²) >= 11 is 6.02. The highest BCUT2D eigenvalue weighted by Gasteiger charge is 2.32. The van der Waals surface area contributed by atoms with E-state index in [0.717, 1.165) is 18.4 Å². The van der Waals surface area contributed by atoms with Crippen LogP contribution in [0.5, 0.6) is 0 Å². The van der Waals surface area contributed by atoms with Crippen molar-refractivity contribution in [2.45, 2.75) is 38.5 Å². The summed E-state index contributed by atoms with van der Waals surface area (Å²) in [7, 11) is -3.40. The van der Waals surface area contributed by atoms with Gasteiger partial charge in [-0.3, -0.25) is 0 Å². The van der Waals surface area contributed by atoms with Crippen LogP contribution in [-0.4, -0.2) is 25.8 Å². The number of sulfonamides is 1. The molecule has 19 heavy (non-hydrogen) atoms. The zero-order valence-electron chi connectivity index (χ0n) is 11.6. The fourth-order valence-electron chi connectivity index (χ4n) is 2.21. The van der Waals surface area contributed by atoms with Crippen molar-refractivity contribution >= 4 is 21.6 Å². The van der Waals surface area contributed by atoms with Crippen LogP contribution in [0.15, 0.2) is 23.1 Å². The normalized spacial score (nSPS) is 20.4. The van der Waals surface area contributed by atoms with E-state index >= 15 is 0 Å². The van der Waals surface area contributed by atoms with Crippen molar-refractivity contribution in [2.75, 3.05) is 13.1 Å². The molecule has 0 spiro atoms. The van der Waals surface area contributed by atoms with Gasteiger partial charge in [-0.1, -0.05) is 31.5 Å². The Labute approximate surface area is 120 Å². The molecule has 1 aliphatic heterocycles. The quantitative estimate of drug-likeness (QED) is 0.839. The molecule has 0 aliphatic carbocycles. The molecule has 0 saturated carbocycles. The molecule has 0 radical (unpaired) electrons. The fraction of sp³-hybridized carbons (Fsp3) is 0.571. The smallest absolute Gasteiger partial charge is 0.207 e. The summed E-state index contributed by atoms with van der Waals surface area (Å²) in [4.78, 5) is 0.294. The first-order chi connectivity index (χ1) is 8.72. The third kappa shape index (κ3) is 3.12. The Morgan fingerprint density at radius 2 is 1.79 bits per heavy atom. The van der Waals surface area contributed by atoms with Crippen molar-refractivity contribution in [1.29, 1.82) is 0 Å². The van der Waals surface area contributed by atoms with E-state index in [2.05, 4.69) is 13.8 Å². The molecule has 5 heteroatoms. The lowest BCUT2D eigenvalue weighted by Gasteiger charge is -2.36. The van der Waals surface area contributed by atoms with Crippen molar-refractivity contribution in [1.82, 2.24) is 4.31 Å². The molecule has 0 aromatic heterocycles. The van der Waals surface area contributed by atoms with Crippen molar-refractivity contribution in [3.63, 3.8) is 0 Å². The minimum absolute atomic E-state index is 0.233.